The topological polar surface area (TPSA) is 69.9 Å². The minimum absolute atomic E-state index is 0.301. The zero-order valence-corrected chi connectivity index (χ0v) is 12.4. The van der Waals surface area contributed by atoms with E-state index in [4.69, 9.17) is 16.3 Å². The van der Waals surface area contributed by atoms with E-state index in [-0.39, 0.29) is 0 Å². The minimum Gasteiger partial charge on any atom is -0.421 e. The van der Waals surface area contributed by atoms with Crippen molar-refractivity contribution in [3.63, 3.8) is 0 Å². The number of nitrogens with zero attached hydrogens (tertiary/aromatic N) is 4. The van der Waals surface area contributed by atoms with Gasteiger partial charge in [0.15, 0.2) is 5.75 Å². The van der Waals surface area contributed by atoms with Crippen LogP contribution in [0.5, 0.6) is 5.75 Å². The molecule has 0 bridgehead atoms. The van der Waals surface area contributed by atoms with E-state index < -0.39 is 5.97 Å². The summed E-state index contributed by atoms with van der Waals surface area (Å²) in [5, 5.41) is 4.47. The van der Waals surface area contributed by atoms with E-state index in [1.54, 1.807) is 29.2 Å². The summed E-state index contributed by atoms with van der Waals surface area (Å²) < 4.78 is 6.88. The molecule has 2 aromatic heterocycles. The van der Waals surface area contributed by atoms with Crippen LogP contribution in [0.25, 0.3) is 5.69 Å². The Bertz CT molecular complexity index is 818. The van der Waals surface area contributed by atoms with E-state index >= 15 is 0 Å². The molecule has 3 aromatic rings. The van der Waals surface area contributed by atoms with Crippen LogP contribution in [0, 0.1) is 6.92 Å². The molecule has 3 rings (SSSR count). The molecule has 7 heteroatoms. The first kappa shape index (κ1) is 14.2. The van der Waals surface area contributed by atoms with Crippen molar-refractivity contribution in [2.75, 3.05) is 0 Å². The predicted octanol–water partition coefficient (Wildman–Crippen LogP) is 2.84. The monoisotopic (exact) mass is 314 g/mol. The van der Waals surface area contributed by atoms with Crippen molar-refractivity contribution in [2.24, 2.45) is 0 Å². The minimum atomic E-state index is -0.475. The molecule has 0 aliphatic heterocycles. The highest BCUT2D eigenvalue weighted by Crippen LogP contribution is 2.19. The van der Waals surface area contributed by atoms with Crippen molar-refractivity contribution in [1.82, 2.24) is 19.7 Å². The second kappa shape index (κ2) is 5.95. The molecule has 0 spiro atoms. The maximum atomic E-state index is 12.1. The molecule has 110 valence electrons. The van der Waals surface area contributed by atoms with Crippen LogP contribution in [-0.2, 0) is 0 Å². The van der Waals surface area contributed by atoms with Gasteiger partial charge in [0.2, 0.25) is 0 Å². The van der Waals surface area contributed by atoms with E-state index in [9.17, 15) is 4.79 Å². The summed E-state index contributed by atoms with van der Waals surface area (Å²) in [4.78, 5) is 19.9. The van der Waals surface area contributed by atoms with Crippen LogP contribution in [0.4, 0.5) is 0 Å². The number of carbonyl (C=O) groups excluding carboxylic acids is 1. The Morgan fingerprint density at radius 2 is 2.09 bits per heavy atom. The van der Waals surface area contributed by atoms with E-state index in [0.29, 0.717) is 16.3 Å². The largest absolute Gasteiger partial charge is 0.421 e. The molecule has 0 aliphatic rings. The third-order valence-electron chi connectivity index (χ3n) is 2.99. The maximum absolute atomic E-state index is 12.1. The number of rotatable bonds is 3. The van der Waals surface area contributed by atoms with Crippen molar-refractivity contribution in [3.8, 4) is 11.4 Å². The average Bonchev–Trinajstić information content (AvgIpc) is 3.01. The number of benzene rings is 1. The van der Waals surface area contributed by atoms with E-state index in [1.807, 2.05) is 6.92 Å². The summed E-state index contributed by atoms with van der Waals surface area (Å²) in [5.74, 6) is -0.173. The normalized spacial score (nSPS) is 10.5. The first-order valence-corrected chi connectivity index (χ1v) is 6.79. The molecule has 2 heterocycles. The molecule has 0 aliphatic carbocycles. The van der Waals surface area contributed by atoms with Gasteiger partial charge in [-0.3, -0.25) is 4.98 Å². The number of halogens is 1. The van der Waals surface area contributed by atoms with Gasteiger partial charge in [-0.2, -0.15) is 5.10 Å². The number of hydrogen-bond acceptors (Lipinski definition) is 5. The number of ether oxygens (including phenoxy) is 1. The summed E-state index contributed by atoms with van der Waals surface area (Å²) in [5.41, 5.74) is 2.16. The summed E-state index contributed by atoms with van der Waals surface area (Å²) in [7, 11) is 0. The summed E-state index contributed by atoms with van der Waals surface area (Å²) in [6.45, 7) is 1.88. The Morgan fingerprint density at radius 1 is 1.23 bits per heavy atom. The highest BCUT2D eigenvalue weighted by molar-refractivity contribution is 6.30. The Kier molecular flexibility index (Phi) is 3.84. The molecule has 0 saturated carbocycles. The van der Waals surface area contributed by atoms with Crippen molar-refractivity contribution in [2.45, 2.75) is 6.92 Å². The lowest BCUT2D eigenvalue weighted by atomic mass is 10.1. The van der Waals surface area contributed by atoms with Crippen molar-refractivity contribution >= 4 is 17.6 Å². The highest BCUT2D eigenvalue weighted by Gasteiger charge is 2.12. The number of carbonyl (C=O) groups is 1. The summed E-state index contributed by atoms with van der Waals surface area (Å²) >= 11 is 5.81. The highest BCUT2D eigenvalue weighted by atomic mass is 35.5. The van der Waals surface area contributed by atoms with E-state index in [1.165, 1.54) is 24.8 Å². The van der Waals surface area contributed by atoms with Gasteiger partial charge >= 0.3 is 5.97 Å². The van der Waals surface area contributed by atoms with Crippen LogP contribution >= 0.6 is 11.6 Å². The molecule has 22 heavy (non-hydrogen) atoms. The summed E-state index contributed by atoms with van der Waals surface area (Å²) in [6.07, 6.45) is 5.95. The standard InChI is InChI=1S/C15H11ClN4O2/c1-10-4-11(2-3-14(10)20-9-18-8-19-20)15(21)22-13-5-12(16)6-17-7-13/h2-9H,1H3. The van der Waals surface area contributed by atoms with Crippen LogP contribution in [0.3, 0.4) is 0 Å². The van der Waals surface area contributed by atoms with Crippen molar-refractivity contribution < 1.29 is 9.53 Å². The van der Waals surface area contributed by atoms with Gasteiger partial charge in [-0.15, -0.1) is 0 Å². The zero-order valence-electron chi connectivity index (χ0n) is 11.6. The van der Waals surface area contributed by atoms with Crippen LogP contribution < -0.4 is 4.74 Å². The zero-order chi connectivity index (χ0) is 15.5. The third-order valence-corrected chi connectivity index (χ3v) is 3.20. The van der Waals surface area contributed by atoms with Crippen LogP contribution in [0.1, 0.15) is 15.9 Å². The number of hydrogen-bond donors (Lipinski definition) is 0. The van der Waals surface area contributed by atoms with Crippen molar-refractivity contribution in [3.05, 3.63) is 65.5 Å². The van der Waals surface area contributed by atoms with Gasteiger partial charge < -0.3 is 4.74 Å². The lowest BCUT2D eigenvalue weighted by Crippen LogP contribution is -2.10. The van der Waals surface area contributed by atoms with Gasteiger partial charge in [0.1, 0.15) is 12.7 Å². The van der Waals surface area contributed by atoms with Gasteiger partial charge in [0, 0.05) is 12.3 Å². The van der Waals surface area contributed by atoms with Gasteiger partial charge in [-0.05, 0) is 30.7 Å². The fraction of sp³-hybridized carbons (Fsp3) is 0.0667. The molecule has 0 unspecified atom stereocenters. The number of pyridine rings is 1. The fourth-order valence-electron chi connectivity index (χ4n) is 1.99. The molecule has 0 atom stereocenters. The quantitative estimate of drug-likeness (QED) is 0.695. The molecule has 1 aromatic carbocycles. The van der Waals surface area contributed by atoms with Gasteiger partial charge in [-0.1, -0.05) is 11.6 Å². The predicted molar refractivity (Wildman–Crippen MR) is 80.3 cm³/mol. The SMILES string of the molecule is Cc1cc(C(=O)Oc2cncc(Cl)c2)ccc1-n1cncn1. The Morgan fingerprint density at radius 3 is 2.77 bits per heavy atom. The van der Waals surface area contributed by atoms with Crippen LogP contribution in [0.2, 0.25) is 5.02 Å². The van der Waals surface area contributed by atoms with Crippen LogP contribution in [-0.4, -0.2) is 25.7 Å². The molecular weight excluding hydrogens is 304 g/mol. The second-order valence-electron chi connectivity index (χ2n) is 4.57. The van der Waals surface area contributed by atoms with E-state index in [0.717, 1.165) is 11.3 Å². The fourth-order valence-corrected chi connectivity index (χ4v) is 2.15. The van der Waals surface area contributed by atoms with E-state index in [2.05, 4.69) is 15.1 Å². The number of esters is 1. The lowest BCUT2D eigenvalue weighted by Gasteiger charge is -2.08. The molecule has 0 fully saturated rings. The smallest absolute Gasteiger partial charge is 0.343 e. The molecule has 6 nitrogen and oxygen atoms in total. The molecular formula is C15H11ClN4O2. The number of aromatic nitrogens is 4. The lowest BCUT2D eigenvalue weighted by molar-refractivity contribution is 0.0734. The summed E-state index contributed by atoms with van der Waals surface area (Å²) in [6, 6.07) is 6.72. The maximum Gasteiger partial charge on any atom is 0.343 e. The Balaban J connectivity index is 1.83. The van der Waals surface area contributed by atoms with Crippen molar-refractivity contribution in [1.29, 1.82) is 0 Å². The molecule has 0 amide bonds. The number of aryl methyl sites for hydroxylation is 1. The third kappa shape index (κ3) is 2.96. The second-order valence-corrected chi connectivity index (χ2v) is 5.01. The first-order valence-electron chi connectivity index (χ1n) is 6.42. The molecule has 0 saturated heterocycles. The van der Waals surface area contributed by atoms with Crippen LogP contribution in [0.15, 0.2) is 49.3 Å². The Hall–Kier alpha value is -2.73. The Labute approximate surface area is 131 Å². The molecule has 0 N–H and O–H groups in total. The van der Waals surface area contributed by atoms with Gasteiger partial charge in [0.25, 0.3) is 0 Å². The van der Waals surface area contributed by atoms with Gasteiger partial charge in [0.05, 0.1) is 22.5 Å². The first-order chi connectivity index (χ1) is 10.6. The average molecular weight is 315 g/mol. The van der Waals surface area contributed by atoms with Gasteiger partial charge in [-0.25, -0.2) is 14.5 Å². The molecule has 0 radical (unpaired) electrons.